The summed E-state index contributed by atoms with van der Waals surface area (Å²) in [5.74, 6) is 0.284. The molecule has 2 aromatic carbocycles. The van der Waals surface area contributed by atoms with Gasteiger partial charge in [-0.25, -0.2) is 9.78 Å². The molecule has 1 amide bonds. The number of hydrogen-bond acceptors (Lipinski definition) is 6. The molecule has 3 aromatic rings. The van der Waals surface area contributed by atoms with Crippen LogP contribution in [0.1, 0.15) is 35.7 Å². The second-order valence-corrected chi connectivity index (χ2v) is 8.09. The van der Waals surface area contributed by atoms with E-state index in [0.717, 1.165) is 29.5 Å². The second kappa shape index (κ2) is 8.69. The maximum Gasteiger partial charge on any atom is 0.338 e. The molecule has 0 saturated heterocycles. The number of nitrogens with one attached hydrogen (secondary N) is 1. The van der Waals surface area contributed by atoms with Gasteiger partial charge in [0.15, 0.2) is 12.2 Å². The number of hydrogen-bond donors (Lipinski definition) is 1. The number of carbonyl (C=O) groups excluding carboxylic acids is 2. The number of oxazole rings is 1. The topological polar surface area (TPSA) is 81.4 Å². The van der Waals surface area contributed by atoms with Crippen LogP contribution in [0.5, 0.6) is 0 Å². The number of rotatable bonds is 8. The maximum absolute atomic E-state index is 12.5. The van der Waals surface area contributed by atoms with Gasteiger partial charge in [0.1, 0.15) is 5.52 Å². The van der Waals surface area contributed by atoms with Gasteiger partial charge in [0, 0.05) is 11.8 Å². The third kappa shape index (κ3) is 4.98. The Labute approximate surface area is 173 Å². The summed E-state index contributed by atoms with van der Waals surface area (Å²) < 4.78 is 10.9. The van der Waals surface area contributed by atoms with Crippen molar-refractivity contribution in [3.8, 4) is 0 Å². The molecule has 6 nitrogen and oxygen atoms in total. The van der Waals surface area contributed by atoms with Crippen molar-refractivity contribution in [3.63, 3.8) is 0 Å². The summed E-state index contributed by atoms with van der Waals surface area (Å²) in [5.41, 5.74) is 2.78. The minimum absolute atomic E-state index is 0.126. The number of thioether (sulfide) groups is 1. The lowest BCUT2D eigenvalue weighted by atomic mass is 10.1. The largest absolute Gasteiger partial charge is 0.452 e. The molecule has 0 aliphatic heterocycles. The molecule has 0 radical (unpaired) electrons. The van der Waals surface area contributed by atoms with Gasteiger partial charge in [-0.2, -0.15) is 0 Å². The zero-order valence-corrected chi connectivity index (χ0v) is 16.9. The zero-order valence-electron chi connectivity index (χ0n) is 16.1. The number of fused-ring (bicyclic) bond motifs is 1. The van der Waals surface area contributed by atoms with E-state index in [-0.39, 0.29) is 18.6 Å². The van der Waals surface area contributed by atoms with E-state index in [2.05, 4.69) is 10.3 Å². The van der Waals surface area contributed by atoms with Crippen molar-refractivity contribution in [2.24, 2.45) is 5.92 Å². The molecular formula is C22H22N2O4S. The molecule has 1 aliphatic rings. The van der Waals surface area contributed by atoms with E-state index in [4.69, 9.17) is 9.15 Å². The molecular weight excluding hydrogens is 388 g/mol. The number of esters is 1. The molecule has 1 atom stereocenters. The number of amides is 1. The van der Waals surface area contributed by atoms with Gasteiger partial charge in [0.2, 0.25) is 0 Å². The number of ether oxygens (including phenoxy) is 1. The lowest BCUT2D eigenvalue weighted by Crippen LogP contribution is -2.37. The molecule has 1 unspecified atom stereocenters. The number of carbonyl (C=O) groups is 2. The van der Waals surface area contributed by atoms with Crippen LogP contribution in [0, 0.1) is 5.92 Å². The summed E-state index contributed by atoms with van der Waals surface area (Å²) >= 11 is 1.41. The van der Waals surface area contributed by atoms with E-state index in [1.807, 2.05) is 43.3 Å². The standard InChI is InChI=1S/C22H22N2O4S/c1-14(15-10-11-15)23-20(25)12-27-21(26)17-7-3-2-6-16(17)13-29-22-24-18-8-4-5-9-19(18)28-22/h2-9,14-15H,10-13H2,1H3,(H,23,25). The van der Waals surface area contributed by atoms with Gasteiger partial charge in [-0.05, 0) is 49.4 Å². The molecule has 7 heteroatoms. The predicted molar refractivity (Wildman–Crippen MR) is 111 cm³/mol. The van der Waals surface area contributed by atoms with Gasteiger partial charge in [-0.1, -0.05) is 42.1 Å². The quantitative estimate of drug-likeness (QED) is 0.443. The van der Waals surface area contributed by atoms with Crippen LogP contribution >= 0.6 is 11.8 Å². The fourth-order valence-electron chi connectivity index (χ4n) is 3.12. The fraction of sp³-hybridized carbons (Fsp3) is 0.318. The van der Waals surface area contributed by atoms with Crippen molar-refractivity contribution in [2.75, 3.05) is 6.61 Å². The summed E-state index contributed by atoms with van der Waals surface area (Å²) in [5, 5.41) is 3.43. The molecule has 1 saturated carbocycles. The van der Waals surface area contributed by atoms with E-state index in [0.29, 0.717) is 22.5 Å². The van der Waals surface area contributed by atoms with E-state index in [1.165, 1.54) is 11.8 Å². The van der Waals surface area contributed by atoms with Crippen LogP contribution in [-0.4, -0.2) is 29.5 Å². The van der Waals surface area contributed by atoms with Crippen molar-refractivity contribution >= 4 is 34.7 Å². The highest BCUT2D eigenvalue weighted by Gasteiger charge is 2.29. The Hall–Kier alpha value is -2.80. The second-order valence-electron chi connectivity index (χ2n) is 7.16. The molecule has 1 N–H and O–H groups in total. The number of nitrogens with zero attached hydrogens (tertiary/aromatic N) is 1. The Bertz CT molecular complexity index is 995. The van der Waals surface area contributed by atoms with Crippen molar-refractivity contribution in [1.82, 2.24) is 10.3 Å². The first-order chi connectivity index (χ1) is 14.1. The van der Waals surface area contributed by atoms with Crippen LogP contribution in [0.3, 0.4) is 0 Å². The highest BCUT2D eigenvalue weighted by molar-refractivity contribution is 7.98. The van der Waals surface area contributed by atoms with Crippen LogP contribution < -0.4 is 5.32 Å². The molecule has 4 rings (SSSR count). The lowest BCUT2D eigenvalue weighted by Gasteiger charge is -2.13. The van der Waals surface area contributed by atoms with E-state index in [1.54, 1.807) is 12.1 Å². The Morgan fingerprint density at radius 2 is 1.97 bits per heavy atom. The summed E-state index contributed by atoms with van der Waals surface area (Å²) in [7, 11) is 0. The Morgan fingerprint density at radius 3 is 2.76 bits per heavy atom. The third-order valence-corrected chi connectivity index (χ3v) is 5.79. The normalized spacial score (nSPS) is 14.5. The van der Waals surface area contributed by atoms with Crippen LogP contribution in [0.25, 0.3) is 11.1 Å². The van der Waals surface area contributed by atoms with E-state index >= 15 is 0 Å². The van der Waals surface area contributed by atoms with Crippen LogP contribution in [-0.2, 0) is 15.3 Å². The Morgan fingerprint density at radius 1 is 1.21 bits per heavy atom. The average Bonchev–Trinajstić information content (AvgIpc) is 3.50. The first-order valence-corrected chi connectivity index (χ1v) is 10.6. The SMILES string of the molecule is CC(NC(=O)COC(=O)c1ccccc1CSc1nc2ccccc2o1)C1CC1. The van der Waals surface area contributed by atoms with Crippen molar-refractivity contribution in [1.29, 1.82) is 0 Å². The third-order valence-electron chi connectivity index (χ3n) is 4.91. The van der Waals surface area contributed by atoms with Crippen molar-refractivity contribution in [2.45, 2.75) is 36.8 Å². The Kier molecular flexibility index (Phi) is 5.85. The van der Waals surface area contributed by atoms with E-state index in [9.17, 15) is 9.59 Å². The maximum atomic E-state index is 12.5. The van der Waals surface area contributed by atoms with Crippen molar-refractivity contribution in [3.05, 3.63) is 59.7 Å². The first kappa shape index (κ1) is 19.5. The van der Waals surface area contributed by atoms with Gasteiger partial charge >= 0.3 is 5.97 Å². The summed E-state index contributed by atoms with van der Waals surface area (Å²) in [6.07, 6.45) is 2.29. The van der Waals surface area contributed by atoms with Crippen LogP contribution in [0.2, 0.25) is 0 Å². The molecule has 150 valence electrons. The van der Waals surface area contributed by atoms with Gasteiger partial charge < -0.3 is 14.5 Å². The van der Waals surface area contributed by atoms with Gasteiger partial charge in [0.25, 0.3) is 11.1 Å². The molecule has 1 aliphatic carbocycles. The molecule has 1 fully saturated rings. The summed E-state index contributed by atoms with van der Waals surface area (Å²) in [4.78, 5) is 28.9. The predicted octanol–water partition coefficient (Wildman–Crippen LogP) is 4.19. The average molecular weight is 410 g/mol. The number of para-hydroxylation sites is 2. The fourth-order valence-corrected chi connectivity index (χ4v) is 3.96. The van der Waals surface area contributed by atoms with Gasteiger partial charge in [-0.15, -0.1) is 0 Å². The molecule has 1 heterocycles. The lowest BCUT2D eigenvalue weighted by molar-refractivity contribution is -0.124. The Balaban J connectivity index is 1.35. The summed E-state index contributed by atoms with van der Waals surface area (Å²) in [6.45, 7) is 1.71. The van der Waals surface area contributed by atoms with E-state index < -0.39 is 5.97 Å². The monoisotopic (exact) mass is 410 g/mol. The minimum atomic E-state index is -0.506. The first-order valence-electron chi connectivity index (χ1n) is 9.63. The zero-order chi connectivity index (χ0) is 20.2. The molecule has 0 spiro atoms. The molecule has 29 heavy (non-hydrogen) atoms. The van der Waals surface area contributed by atoms with Gasteiger partial charge in [-0.3, -0.25) is 4.79 Å². The minimum Gasteiger partial charge on any atom is -0.452 e. The molecule has 0 bridgehead atoms. The van der Waals surface area contributed by atoms with Crippen LogP contribution in [0.15, 0.2) is 58.2 Å². The van der Waals surface area contributed by atoms with Gasteiger partial charge in [0.05, 0.1) is 5.56 Å². The van der Waals surface area contributed by atoms with Crippen molar-refractivity contribution < 1.29 is 18.7 Å². The highest BCUT2D eigenvalue weighted by atomic mass is 32.2. The molecule has 1 aromatic heterocycles. The number of aromatic nitrogens is 1. The summed E-state index contributed by atoms with van der Waals surface area (Å²) in [6, 6.07) is 14.9. The highest BCUT2D eigenvalue weighted by Crippen LogP contribution is 2.32. The number of benzene rings is 2. The smallest absolute Gasteiger partial charge is 0.338 e. The van der Waals surface area contributed by atoms with Crippen LogP contribution in [0.4, 0.5) is 0 Å².